The highest BCUT2D eigenvalue weighted by Crippen LogP contribution is 2.20. The molecule has 2 rings (SSSR count). The minimum atomic E-state index is -0.0775. The van der Waals surface area contributed by atoms with Crippen molar-refractivity contribution in [2.45, 2.75) is 31.7 Å². The fraction of sp³-hybridized carbons (Fsp3) is 1.00. The predicted molar refractivity (Wildman–Crippen MR) is 39.3 cm³/mol. The number of rotatable bonds is 0. The van der Waals surface area contributed by atoms with Crippen molar-refractivity contribution in [3.8, 4) is 0 Å². The van der Waals surface area contributed by atoms with E-state index in [-0.39, 0.29) is 12.4 Å². The van der Waals surface area contributed by atoms with Gasteiger partial charge in [-0.1, -0.05) is 0 Å². The van der Waals surface area contributed by atoms with Gasteiger partial charge in [-0.05, 0) is 19.3 Å². The van der Waals surface area contributed by atoms with Crippen LogP contribution in [0.15, 0.2) is 0 Å². The quantitative estimate of drug-likeness (QED) is 0.525. The molecule has 0 N–H and O–H groups in total. The van der Waals surface area contributed by atoms with E-state index in [0.29, 0.717) is 6.61 Å². The first-order valence-electron chi connectivity index (χ1n) is 4.31. The zero-order valence-electron chi connectivity index (χ0n) is 6.62. The summed E-state index contributed by atoms with van der Waals surface area (Å²) in [6.07, 6.45) is 3.55. The Hall–Kier alpha value is -0.120. The van der Waals surface area contributed by atoms with Gasteiger partial charge in [-0.15, -0.1) is 0 Å². The maximum atomic E-state index is 5.51. The van der Waals surface area contributed by atoms with Gasteiger partial charge in [0.2, 0.25) is 0 Å². The molecule has 3 nitrogen and oxygen atoms in total. The lowest BCUT2D eigenvalue weighted by atomic mass is 10.1. The molecule has 0 amide bonds. The van der Waals surface area contributed by atoms with Crippen LogP contribution in [0.3, 0.4) is 0 Å². The summed E-state index contributed by atoms with van der Waals surface area (Å²) in [5.41, 5.74) is 0. The Labute approximate surface area is 66.6 Å². The van der Waals surface area contributed by atoms with Crippen molar-refractivity contribution in [1.29, 1.82) is 0 Å². The number of fused-ring (bicyclic) bond motifs is 1. The zero-order valence-corrected chi connectivity index (χ0v) is 6.62. The molecule has 0 spiro atoms. The van der Waals surface area contributed by atoms with Crippen LogP contribution >= 0.6 is 0 Å². The van der Waals surface area contributed by atoms with E-state index in [1.54, 1.807) is 0 Å². The van der Waals surface area contributed by atoms with Crippen molar-refractivity contribution in [3.63, 3.8) is 0 Å². The second-order valence-corrected chi connectivity index (χ2v) is 3.01. The Morgan fingerprint density at radius 3 is 2.64 bits per heavy atom. The van der Waals surface area contributed by atoms with Gasteiger partial charge in [0.15, 0.2) is 6.29 Å². The van der Waals surface area contributed by atoms with Crippen molar-refractivity contribution in [2.75, 3.05) is 19.8 Å². The second-order valence-electron chi connectivity index (χ2n) is 3.01. The monoisotopic (exact) mass is 158 g/mol. The Balaban J connectivity index is 1.93. The summed E-state index contributed by atoms with van der Waals surface area (Å²) in [7, 11) is 0. The maximum Gasteiger partial charge on any atom is 0.183 e. The van der Waals surface area contributed by atoms with Crippen molar-refractivity contribution in [3.05, 3.63) is 0 Å². The standard InChI is InChI=1S/C8H14O3/c1-2-4-10-8-7(3-1)9-5-6-11-8/h7-8H,1-6H2. The summed E-state index contributed by atoms with van der Waals surface area (Å²) in [5.74, 6) is 0. The Morgan fingerprint density at radius 1 is 0.818 bits per heavy atom. The molecule has 0 aromatic carbocycles. The van der Waals surface area contributed by atoms with Gasteiger partial charge in [0, 0.05) is 6.61 Å². The first kappa shape index (κ1) is 7.53. The maximum absolute atomic E-state index is 5.51. The van der Waals surface area contributed by atoms with Crippen LogP contribution in [0.5, 0.6) is 0 Å². The average molecular weight is 158 g/mol. The van der Waals surface area contributed by atoms with Crippen LogP contribution in [0, 0.1) is 0 Å². The molecule has 2 aliphatic heterocycles. The van der Waals surface area contributed by atoms with E-state index >= 15 is 0 Å². The van der Waals surface area contributed by atoms with Crippen molar-refractivity contribution < 1.29 is 14.2 Å². The topological polar surface area (TPSA) is 27.7 Å². The van der Waals surface area contributed by atoms with Gasteiger partial charge in [-0.3, -0.25) is 0 Å². The highest BCUT2D eigenvalue weighted by Gasteiger charge is 2.28. The summed E-state index contributed by atoms with van der Waals surface area (Å²) in [6.45, 7) is 2.23. The lowest BCUT2D eigenvalue weighted by Gasteiger charge is -2.29. The molecule has 0 radical (unpaired) electrons. The molecule has 3 heteroatoms. The van der Waals surface area contributed by atoms with Crippen LogP contribution in [0.25, 0.3) is 0 Å². The van der Waals surface area contributed by atoms with Crippen LogP contribution in [0.2, 0.25) is 0 Å². The number of ether oxygens (including phenoxy) is 3. The molecule has 2 unspecified atom stereocenters. The zero-order chi connectivity index (χ0) is 7.52. The van der Waals surface area contributed by atoms with E-state index in [0.717, 1.165) is 26.1 Å². The van der Waals surface area contributed by atoms with E-state index in [4.69, 9.17) is 14.2 Å². The van der Waals surface area contributed by atoms with Gasteiger partial charge >= 0.3 is 0 Å². The predicted octanol–water partition coefficient (Wildman–Crippen LogP) is 0.928. The van der Waals surface area contributed by atoms with Crippen molar-refractivity contribution in [2.24, 2.45) is 0 Å². The van der Waals surface area contributed by atoms with E-state index in [1.165, 1.54) is 6.42 Å². The fourth-order valence-corrected chi connectivity index (χ4v) is 1.57. The molecule has 64 valence electrons. The SMILES string of the molecule is C1CCC2OCCOC2OC1. The lowest BCUT2D eigenvalue weighted by Crippen LogP contribution is -2.39. The molecule has 0 bridgehead atoms. The third-order valence-electron chi connectivity index (χ3n) is 2.17. The largest absolute Gasteiger partial charge is 0.371 e. The Bertz CT molecular complexity index is 113. The molecule has 2 atom stereocenters. The molecule has 0 aromatic rings. The highest BCUT2D eigenvalue weighted by atomic mass is 16.7. The minimum Gasteiger partial charge on any atom is -0.371 e. The van der Waals surface area contributed by atoms with Gasteiger partial charge in [0.1, 0.15) is 6.10 Å². The van der Waals surface area contributed by atoms with Gasteiger partial charge in [-0.25, -0.2) is 0 Å². The molecule has 2 saturated heterocycles. The van der Waals surface area contributed by atoms with Crippen molar-refractivity contribution >= 4 is 0 Å². The lowest BCUT2D eigenvalue weighted by molar-refractivity contribution is -0.242. The summed E-state index contributed by atoms with van der Waals surface area (Å²) in [6, 6.07) is 0. The normalized spacial score (nSPS) is 39.3. The molecule has 11 heavy (non-hydrogen) atoms. The van der Waals surface area contributed by atoms with E-state index < -0.39 is 0 Å². The molecule has 2 fully saturated rings. The summed E-state index contributed by atoms with van der Waals surface area (Å²) >= 11 is 0. The highest BCUT2D eigenvalue weighted by molar-refractivity contribution is 4.69. The van der Waals surface area contributed by atoms with Gasteiger partial charge in [0.25, 0.3) is 0 Å². The first-order valence-corrected chi connectivity index (χ1v) is 4.31. The fourth-order valence-electron chi connectivity index (χ4n) is 1.57. The molecule has 2 aliphatic rings. The number of hydrogen-bond donors (Lipinski definition) is 0. The van der Waals surface area contributed by atoms with E-state index in [9.17, 15) is 0 Å². The summed E-state index contributed by atoms with van der Waals surface area (Å²) < 4.78 is 16.4. The van der Waals surface area contributed by atoms with Gasteiger partial charge in [0.05, 0.1) is 13.2 Å². The van der Waals surface area contributed by atoms with Crippen LogP contribution in [0.4, 0.5) is 0 Å². The van der Waals surface area contributed by atoms with E-state index in [1.807, 2.05) is 0 Å². The van der Waals surface area contributed by atoms with Crippen molar-refractivity contribution in [1.82, 2.24) is 0 Å². The van der Waals surface area contributed by atoms with Crippen LogP contribution in [0.1, 0.15) is 19.3 Å². The number of hydrogen-bond acceptors (Lipinski definition) is 3. The molecule has 0 saturated carbocycles. The summed E-state index contributed by atoms with van der Waals surface area (Å²) in [4.78, 5) is 0. The second kappa shape index (κ2) is 3.52. The molecule has 2 heterocycles. The average Bonchev–Trinajstić information content (AvgIpc) is 2.28. The first-order chi connectivity index (χ1) is 5.47. The van der Waals surface area contributed by atoms with Crippen LogP contribution in [-0.2, 0) is 14.2 Å². The molecule has 0 aliphatic carbocycles. The van der Waals surface area contributed by atoms with Gasteiger partial charge < -0.3 is 14.2 Å². The van der Waals surface area contributed by atoms with Crippen LogP contribution < -0.4 is 0 Å². The third-order valence-corrected chi connectivity index (χ3v) is 2.17. The molecular formula is C8H14O3. The van der Waals surface area contributed by atoms with Gasteiger partial charge in [-0.2, -0.15) is 0 Å². The molecule has 0 aromatic heterocycles. The smallest absolute Gasteiger partial charge is 0.183 e. The third kappa shape index (κ3) is 1.72. The van der Waals surface area contributed by atoms with Crippen LogP contribution in [-0.4, -0.2) is 32.2 Å². The summed E-state index contributed by atoms with van der Waals surface area (Å²) in [5, 5.41) is 0. The molecular weight excluding hydrogens is 144 g/mol. The Morgan fingerprint density at radius 2 is 1.64 bits per heavy atom. The van der Waals surface area contributed by atoms with E-state index in [2.05, 4.69) is 0 Å². The minimum absolute atomic E-state index is 0.0775. The Kier molecular flexibility index (Phi) is 2.41.